The standard InChI is InChI=1S/C13H15FO3/c1-4-17-12(16)11(15)9-7-5-6-8-10(9)13(2,3)14/h5-8H,4H2,1-3H3. The lowest BCUT2D eigenvalue weighted by molar-refractivity contribution is -0.137. The van der Waals surface area contributed by atoms with Crippen LogP contribution in [0.5, 0.6) is 0 Å². The van der Waals surface area contributed by atoms with Crippen molar-refractivity contribution in [2.24, 2.45) is 0 Å². The number of alkyl halides is 1. The van der Waals surface area contributed by atoms with Gasteiger partial charge in [0.2, 0.25) is 0 Å². The number of hydrogen-bond acceptors (Lipinski definition) is 3. The Labute approximate surface area is 99.6 Å². The van der Waals surface area contributed by atoms with E-state index in [0.29, 0.717) is 0 Å². The molecule has 0 bridgehead atoms. The summed E-state index contributed by atoms with van der Waals surface area (Å²) in [6.07, 6.45) is 0. The van der Waals surface area contributed by atoms with Gasteiger partial charge in [0.1, 0.15) is 5.67 Å². The zero-order valence-electron chi connectivity index (χ0n) is 10.1. The maximum atomic E-state index is 13.9. The predicted octanol–water partition coefficient (Wildman–Crippen LogP) is 2.64. The number of benzene rings is 1. The highest BCUT2D eigenvalue weighted by molar-refractivity contribution is 6.41. The second kappa shape index (κ2) is 5.08. The van der Waals surface area contributed by atoms with Crippen molar-refractivity contribution in [2.75, 3.05) is 6.61 Å². The van der Waals surface area contributed by atoms with Crippen LogP contribution in [0.1, 0.15) is 36.7 Å². The first-order valence-electron chi connectivity index (χ1n) is 5.37. The van der Waals surface area contributed by atoms with Crippen LogP contribution in [0.3, 0.4) is 0 Å². The van der Waals surface area contributed by atoms with Gasteiger partial charge >= 0.3 is 5.97 Å². The van der Waals surface area contributed by atoms with Crippen molar-refractivity contribution in [2.45, 2.75) is 26.4 Å². The number of esters is 1. The van der Waals surface area contributed by atoms with E-state index in [1.165, 1.54) is 26.0 Å². The SMILES string of the molecule is CCOC(=O)C(=O)c1ccccc1C(C)(C)F. The van der Waals surface area contributed by atoms with E-state index >= 15 is 0 Å². The lowest BCUT2D eigenvalue weighted by Gasteiger charge is -2.17. The molecule has 0 heterocycles. The zero-order valence-corrected chi connectivity index (χ0v) is 10.1. The van der Waals surface area contributed by atoms with E-state index in [4.69, 9.17) is 0 Å². The van der Waals surface area contributed by atoms with Gasteiger partial charge in [-0.15, -0.1) is 0 Å². The van der Waals surface area contributed by atoms with E-state index in [0.717, 1.165) is 0 Å². The Morgan fingerprint density at radius 2 is 1.88 bits per heavy atom. The average molecular weight is 238 g/mol. The van der Waals surface area contributed by atoms with E-state index in [2.05, 4.69) is 4.74 Å². The Bertz CT molecular complexity index is 433. The fourth-order valence-electron chi connectivity index (χ4n) is 1.51. The van der Waals surface area contributed by atoms with Gasteiger partial charge in [-0.3, -0.25) is 4.79 Å². The molecule has 0 aromatic heterocycles. The second-order valence-corrected chi connectivity index (χ2v) is 4.07. The topological polar surface area (TPSA) is 43.4 Å². The van der Waals surface area contributed by atoms with Crippen LogP contribution in [-0.4, -0.2) is 18.4 Å². The largest absolute Gasteiger partial charge is 0.460 e. The molecule has 0 atom stereocenters. The molecule has 1 aromatic carbocycles. The molecule has 0 saturated carbocycles. The normalized spacial score (nSPS) is 11.1. The summed E-state index contributed by atoms with van der Waals surface area (Å²) in [6, 6.07) is 6.13. The van der Waals surface area contributed by atoms with Crippen LogP contribution in [0.2, 0.25) is 0 Å². The summed E-state index contributed by atoms with van der Waals surface area (Å²) in [7, 11) is 0. The van der Waals surface area contributed by atoms with Crippen molar-refractivity contribution in [1.82, 2.24) is 0 Å². The van der Waals surface area contributed by atoms with Crippen molar-refractivity contribution < 1.29 is 18.7 Å². The maximum Gasteiger partial charge on any atom is 0.379 e. The molecule has 0 saturated heterocycles. The summed E-state index contributed by atoms with van der Waals surface area (Å²) < 4.78 is 18.5. The Morgan fingerprint density at radius 1 is 1.29 bits per heavy atom. The molecule has 4 heteroatoms. The molecule has 0 unspecified atom stereocenters. The van der Waals surface area contributed by atoms with Crippen molar-refractivity contribution in [3.05, 3.63) is 35.4 Å². The fourth-order valence-corrected chi connectivity index (χ4v) is 1.51. The summed E-state index contributed by atoms with van der Waals surface area (Å²) >= 11 is 0. The van der Waals surface area contributed by atoms with Crippen LogP contribution in [0.4, 0.5) is 4.39 Å². The number of ketones is 1. The summed E-state index contributed by atoms with van der Waals surface area (Å²) in [4.78, 5) is 23.1. The number of carbonyl (C=O) groups excluding carboxylic acids is 2. The molecule has 0 aliphatic heterocycles. The molecule has 0 N–H and O–H groups in total. The molecule has 3 nitrogen and oxygen atoms in total. The van der Waals surface area contributed by atoms with Crippen LogP contribution in [-0.2, 0) is 15.2 Å². The van der Waals surface area contributed by atoms with Gasteiger partial charge in [-0.05, 0) is 26.3 Å². The number of ether oxygens (including phenoxy) is 1. The highest BCUT2D eigenvalue weighted by Gasteiger charge is 2.28. The van der Waals surface area contributed by atoms with Gasteiger partial charge in [0.25, 0.3) is 5.78 Å². The van der Waals surface area contributed by atoms with Crippen molar-refractivity contribution in [1.29, 1.82) is 0 Å². The number of carbonyl (C=O) groups is 2. The van der Waals surface area contributed by atoms with Gasteiger partial charge in [0.15, 0.2) is 0 Å². The van der Waals surface area contributed by atoms with Crippen molar-refractivity contribution >= 4 is 11.8 Å². The molecule has 0 aliphatic rings. The molecule has 17 heavy (non-hydrogen) atoms. The summed E-state index contributed by atoms with van der Waals surface area (Å²) in [5, 5.41) is 0. The summed E-state index contributed by atoms with van der Waals surface area (Å²) in [5.41, 5.74) is -1.44. The Morgan fingerprint density at radius 3 is 2.41 bits per heavy atom. The number of rotatable bonds is 4. The maximum absolute atomic E-state index is 13.9. The lowest BCUT2D eigenvalue weighted by Crippen LogP contribution is -2.22. The van der Waals surface area contributed by atoms with E-state index in [9.17, 15) is 14.0 Å². The van der Waals surface area contributed by atoms with Gasteiger partial charge in [0, 0.05) is 5.56 Å². The summed E-state index contributed by atoms with van der Waals surface area (Å²) in [6.45, 7) is 4.40. The van der Waals surface area contributed by atoms with Gasteiger partial charge in [-0.25, -0.2) is 9.18 Å². The first-order chi connectivity index (χ1) is 7.88. The predicted molar refractivity (Wildman–Crippen MR) is 61.5 cm³/mol. The lowest BCUT2D eigenvalue weighted by atomic mass is 9.92. The molecule has 0 aliphatic carbocycles. The van der Waals surface area contributed by atoms with Gasteiger partial charge < -0.3 is 4.74 Å². The molecule has 0 fully saturated rings. The highest BCUT2D eigenvalue weighted by Crippen LogP contribution is 2.28. The quantitative estimate of drug-likeness (QED) is 0.460. The van der Waals surface area contributed by atoms with Crippen molar-refractivity contribution in [3.63, 3.8) is 0 Å². The minimum absolute atomic E-state index is 0.0541. The average Bonchev–Trinajstić information content (AvgIpc) is 2.27. The first kappa shape index (κ1) is 13.4. The minimum Gasteiger partial charge on any atom is -0.460 e. The smallest absolute Gasteiger partial charge is 0.379 e. The number of Topliss-reactive ketones (excluding diaryl/α,β-unsaturated/α-hetero) is 1. The molecule has 0 radical (unpaired) electrons. The summed E-state index contributed by atoms with van der Waals surface area (Å²) in [5.74, 6) is -1.77. The minimum atomic E-state index is -1.68. The van der Waals surface area contributed by atoms with Gasteiger partial charge in [-0.1, -0.05) is 24.3 Å². The van der Waals surface area contributed by atoms with E-state index in [-0.39, 0.29) is 17.7 Å². The van der Waals surface area contributed by atoms with Crippen LogP contribution in [0.15, 0.2) is 24.3 Å². The second-order valence-electron chi connectivity index (χ2n) is 4.07. The third kappa shape index (κ3) is 3.12. The first-order valence-corrected chi connectivity index (χ1v) is 5.37. The van der Waals surface area contributed by atoms with Crippen LogP contribution < -0.4 is 0 Å². The molecule has 0 spiro atoms. The highest BCUT2D eigenvalue weighted by atomic mass is 19.1. The monoisotopic (exact) mass is 238 g/mol. The number of halogens is 1. The zero-order chi connectivity index (χ0) is 13.1. The molecule has 1 rings (SSSR count). The Hall–Kier alpha value is -1.71. The molecular weight excluding hydrogens is 223 g/mol. The molecule has 92 valence electrons. The van der Waals surface area contributed by atoms with Crippen LogP contribution in [0.25, 0.3) is 0 Å². The third-order valence-corrected chi connectivity index (χ3v) is 2.27. The molecule has 0 amide bonds. The van der Waals surface area contributed by atoms with Gasteiger partial charge in [-0.2, -0.15) is 0 Å². The van der Waals surface area contributed by atoms with Gasteiger partial charge in [0.05, 0.1) is 6.61 Å². The van der Waals surface area contributed by atoms with Crippen LogP contribution >= 0.6 is 0 Å². The molecule has 1 aromatic rings. The van der Waals surface area contributed by atoms with E-state index < -0.39 is 17.4 Å². The van der Waals surface area contributed by atoms with E-state index in [1.807, 2.05) is 0 Å². The molecular formula is C13H15FO3. The van der Waals surface area contributed by atoms with Crippen LogP contribution in [0, 0.1) is 0 Å². The Kier molecular flexibility index (Phi) is 3.99. The number of hydrogen-bond donors (Lipinski definition) is 0. The van der Waals surface area contributed by atoms with Crippen molar-refractivity contribution in [3.8, 4) is 0 Å². The Balaban J connectivity index is 3.14. The fraction of sp³-hybridized carbons (Fsp3) is 0.385. The third-order valence-electron chi connectivity index (χ3n) is 2.27. The van der Waals surface area contributed by atoms with E-state index in [1.54, 1.807) is 19.1 Å².